The van der Waals surface area contributed by atoms with Gasteiger partial charge in [-0.15, -0.1) is 0 Å². The average molecular weight is 396 g/mol. The van der Waals surface area contributed by atoms with E-state index in [2.05, 4.69) is 15.8 Å². The third kappa shape index (κ3) is 5.08. The number of rotatable bonds is 5. The van der Waals surface area contributed by atoms with E-state index in [4.69, 9.17) is 16.0 Å². The average Bonchev–Trinajstić information content (AvgIpc) is 3.17. The summed E-state index contributed by atoms with van der Waals surface area (Å²) in [4.78, 5) is 23.8. The van der Waals surface area contributed by atoms with Crippen molar-refractivity contribution in [2.24, 2.45) is 5.10 Å². The van der Waals surface area contributed by atoms with Crippen molar-refractivity contribution in [2.75, 3.05) is 0 Å². The molecule has 1 aromatic heterocycles. The predicted molar refractivity (Wildman–Crippen MR) is 108 cm³/mol. The van der Waals surface area contributed by atoms with Gasteiger partial charge >= 0.3 is 11.8 Å². The summed E-state index contributed by atoms with van der Waals surface area (Å²) in [6.45, 7) is 1.80. The molecule has 2 aromatic carbocycles. The zero-order valence-corrected chi connectivity index (χ0v) is 15.8. The van der Waals surface area contributed by atoms with Crippen molar-refractivity contribution in [3.8, 4) is 11.3 Å². The number of halogens is 1. The number of nitrogens with one attached hydrogen (secondary N) is 2. The monoisotopic (exact) mass is 395 g/mol. The minimum absolute atomic E-state index is 0.297. The maximum atomic E-state index is 12.0. The molecule has 0 radical (unpaired) electrons. The highest BCUT2D eigenvalue weighted by atomic mass is 35.5. The quantitative estimate of drug-likeness (QED) is 0.390. The van der Waals surface area contributed by atoms with E-state index in [1.807, 2.05) is 42.5 Å². The van der Waals surface area contributed by atoms with Crippen LogP contribution in [0.4, 0.5) is 0 Å². The summed E-state index contributed by atoms with van der Waals surface area (Å²) in [6.07, 6.45) is 1.32. The van der Waals surface area contributed by atoms with Gasteiger partial charge in [-0.3, -0.25) is 9.59 Å². The third-order valence-electron chi connectivity index (χ3n) is 3.95. The largest absolute Gasteiger partial charge is 0.455 e. The lowest BCUT2D eigenvalue weighted by Crippen LogP contribution is -2.39. The molecule has 0 aliphatic heterocycles. The summed E-state index contributed by atoms with van der Waals surface area (Å²) in [5.74, 6) is -0.591. The molecule has 3 rings (SSSR count). The Morgan fingerprint density at radius 2 is 1.82 bits per heavy atom. The smallest absolute Gasteiger partial charge is 0.329 e. The van der Waals surface area contributed by atoms with Crippen LogP contribution < -0.4 is 10.7 Å². The van der Waals surface area contributed by atoms with E-state index in [1.54, 1.807) is 31.2 Å². The van der Waals surface area contributed by atoms with Gasteiger partial charge in [-0.25, -0.2) is 5.43 Å². The molecule has 0 bridgehead atoms. The second-order valence-electron chi connectivity index (χ2n) is 6.02. The highest BCUT2D eigenvalue weighted by molar-refractivity contribution is 6.35. The van der Waals surface area contributed by atoms with Crippen molar-refractivity contribution in [2.45, 2.75) is 13.0 Å². The van der Waals surface area contributed by atoms with Gasteiger partial charge in [0.2, 0.25) is 0 Å². The van der Waals surface area contributed by atoms with E-state index in [1.165, 1.54) is 6.21 Å². The number of benzene rings is 2. The fourth-order valence-corrected chi connectivity index (χ4v) is 2.70. The molecule has 0 fully saturated rings. The van der Waals surface area contributed by atoms with Gasteiger partial charge in [0, 0.05) is 10.6 Å². The molecular weight excluding hydrogens is 378 g/mol. The number of amides is 2. The number of furan rings is 1. The highest BCUT2D eigenvalue weighted by Gasteiger charge is 2.16. The molecule has 1 heterocycles. The van der Waals surface area contributed by atoms with Crippen LogP contribution in [-0.2, 0) is 9.59 Å². The van der Waals surface area contributed by atoms with Crippen molar-refractivity contribution in [1.82, 2.24) is 10.7 Å². The molecule has 0 saturated heterocycles. The number of hydrogen-bond acceptors (Lipinski definition) is 4. The first kappa shape index (κ1) is 19.4. The topological polar surface area (TPSA) is 83.7 Å². The Balaban J connectivity index is 1.54. The molecule has 1 atom stereocenters. The van der Waals surface area contributed by atoms with E-state index in [9.17, 15) is 9.59 Å². The highest BCUT2D eigenvalue weighted by Crippen LogP contribution is 2.24. The Kier molecular flexibility index (Phi) is 6.24. The number of carbonyl (C=O) groups excluding carboxylic acids is 2. The molecule has 0 aliphatic carbocycles. The Morgan fingerprint density at radius 1 is 1.04 bits per heavy atom. The first-order valence-corrected chi connectivity index (χ1v) is 8.95. The second-order valence-corrected chi connectivity index (χ2v) is 6.45. The van der Waals surface area contributed by atoms with Crippen molar-refractivity contribution in [3.63, 3.8) is 0 Å². The number of nitrogens with zero attached hydrogens (tertiary/aromatic N) is 1. The summed E-state index contributed by atoms with van der Waals surface area (Å²) >= 11 is 5.97. The lowest BCUT2D eigenvalue weighted by molar-refractivity contribution is -0.139. The van der Waals surface area contributed by atoms with Gasteiger partial charge < -0.3 is 9.73 Å². The van der Waals surface area contributed by atoms with Gasteiger partial charge in [0.25, 0.3) is 0 Å². The van der Waals surface area contributed by atoms with Crippen LogP contribution in [0, 0.1) is 0 Å². The normalized spacial score (nSPS) is 11.9. The third-order valence-corrected chi connectivity index (χ3v) is 4.18. The molecule has 2 N–H and O–H groups in total. The lowest BCUT2D eigenvalue weighted by Gasteiger charge is -2.13. The Bertz CT molecular complexity index is 999. The SMILES string of the molecule is C[C@@H](NC(=O)C(=O)N/N=C/c1ccc(-c2cccc(Cl)c2)o1)c1ccccc1. The molecule has 2 amide bonds. The first-order valence-electron chi connectivity index (χ1n) is 8.57. The minimum atomic E-state index is -0.861. The van der Waals surface area contributed by atoms with Gasteiger partial charge in [0.05, 0.1) is 12.3 Å². The summed E-state index contributed by atoms with van der Waals surface area (Å²) in [5.41, 5.74) is 3.91. The van der Waals surface area contributed by atoms with E-state index in [0.717, 1.165) is 11.1 Å². The number of hydrazone groups is 1. The standard InChI is InChI=1S/C21H18ClN3O3/c1-14(15-6-3-2-4-7-15)24-20(26)21(27)25-23-13-18-10-11-19(28-18)16-8-5-9-17(22)12-16/h2-14H,1H3,(H,24,26)(H,25,27)/b23-13+/t14-/m1/s1. The minimum Gasteiger partial charge on any atom is -0.455 e. The maximum Gasteiger partial charge on any atom is 0.329 e. The lowest BCUT2D eigenvalue weighted by atomic mass is 10.1. The van der Waals surface area contributed by atoms with Crippen LogP contribution in [0.5, 0.6) is 0 Å². The van der Waals surface area contributed by atoms with Gasteiger partial charge in [0.15, 0.2) is 0 Å². The Hall–Kier alpha value is -3.38. The van der Waals surface area contributed by atoms with Crippen LogP contribution in [0.3, 0.4) is 0 Å². The summed E-state index contributed by atoms with van der Waals surface area (Å²) in [7, 11) is 0. The van der Waals surface area contributed by atoms with Crippen molar-refractivity contribution in [1.29, 1.82) is 0 Å². The zero-order valence-electron chi connectivity index (χ0n) is 15.1. The van der Waals surface area contributed by atoms with E-state index in [0.29, 0.717) is 16.5 Å². The zero-order chi connectivity index (χ0) is 19.9. The Labute approximate surface area is 167 Å². The fourth-order valence-electron chi connectivity index (χ4n) is 2.51. The van der Waals surface area contributed by atoms with Crippen LogP contribution in [0.25, 0.3) is 11.3 Å². The molecule has 0 spiro atoms. The molecular formula is C21H18ClN3O3. The van der Waals surface area contributed by atoms with Gasteiger partial charge in [-0.1, -0.05) is 54.1 Å². The summed E-state index contributed by atoms with van der Waals surface area (Å²) in [6, 6.07) is 19.8. The second kappa shape index (κ2) is 9.01. The van der Waals surface area contributed by atoms with Gasteiger partial charge in [-0.2, -0.15) is 5.10 Å². The molecule has 0 saturated carbocycles. The molecule has 0 aliphatic rings. The van der Waals surface area contributed by atoms with Gasteiger partial charge in [0.1, 0.15) is 11.5 Å². The molecule has 3 aromatic rings. The molecule has 6 nitrogen and oxygen atoms in total. The first-order chi connectivity index (χ1) is 13.5. The Morgan fingerprint density at radius 3 is 2.57 bits per heavy atom. The summed E-state index contributed by atoms with van der Waals surface area (Å²) < 4.78 is 5.63. The predicted octanol–water partition coefficient (Wildman–Crippen LogP) is 3.93. The van der Waals surface area contributed by atoms with Crippen LogP contribution in [-0.4, -0.2) is 18.0 Å². The fraction of sp³-hybridized carbons (Fsp3) is 0.0952. The number of carbonyl (C=O) groups is 2. The van der Waals surface area contributed by atoms with E-state index >= 15 is 0 Å². The van der Waals surface area contributed by atoms with Crippen LogP contribution in [0.2, 0.25) is 5.02 Å². The maximum absolute atomic E-state index is 12.0. The summed E-state index contributed by atoms with van der Waals surface area (Å²) in [5, 5.41) is 6.98. The van der Waals surface area contributed by atoms with Crippen molar-refractivity contribution < 1.29 is 14.0 Å². The van der Waals surface area contributed by atoms with Crippen molar-refractivity contribution >= 4 is 29.6 Å². The van der Waals surface area contributed by atoms with Crippen LogP contribution in [0.1, 0.15) is 24.3 Å². The molecule has 7 heteroatoms. The number of hydrogen-bond donors (Lipinski definition) is 2. The molecule has 28 heavy (non-hydrogen) atoms. The molecule has 0 unspecified atom stereocenters. The molecule has 142 valence electrons. The van der Waals surface area contributed by atoms with Crippen molar-refractivity contribution in [3.05, 3.63) is 83.1 Å². The van der Waals surface area contributed by atoms with Gasteiger partial charge in [-0.05, 0) is 36.8 Å². The van der Waals surface area contributed by atoms with E-state index in [-0.39, 0.29) is 6.04 Å². The van der Waals surface area contributed by atoms with Crippen LogP contribution in [0.15, 0.2) is 76.2 Å². The van der Waals surface area contributed by atoms with Crippen LogP contribution >= 0.6 is 11.6 Å². The van der Waals surface area contributed by atoms with E-state index < -0.39 is 11.8 Å².